The largest absolute Gasteiger partial charge is 0.478 e. The molecule has 2 aromatic carbocycles. The Kier molecular flexibility index (Phi) is 3.24. The molecule has 2 aromatic heterocycles. The first-order chi connectivity index (χ1) is 12.0. The van der Waals surface area contributed by atoms with Crippen molar-refractivity contribution in [2.24, 2.45) is 0 Å². The summed E-state index contributed by atoms with van der Waals surface area (Å²) in [4.78, 5) is 30.9. The molecule has 124 valence electrons. The van der Waals surface area contributed by atoms with Crippen molar-refractivity contribution in [2.75, 3.05) is 0 Å². The maximum atomic E-state index is 11.2. The average Bonchev–Trinajstić information content (AvgIpc) is 3.16. The summed E-state index contributed by atoms with van der Waals surface area (Å²) in [6.07, 6.45) is 0.0709. The maximum absolute atomic E-state index is 11.2. The summed E-state index contributed by atoms with van der Waals surface area (Å²) in [6, 6.07) is 9.25. The lowest BCUT2D eigenvalue weighted by Gasteiger charge is -1.92. The Hall–Kier alpha value is -3.68. The van der Waals surface area contributed by atoms with Crippen molar-refractivity contribution < 1.29 is 28.6 Å². The fourth-order valence-corrected chi connectivity index (χ4v) is 2.61. The molecule has 0 atom stereocenters. The van der Waals surface area contributed by atoms with Crippen molar-refractivity contribution in [1.29, 1.82) is 0 Å². The molecule has 2 N–H and O–H groups in total. The van der Waals surface area contributed by atoms with Gasteiger partial charge < -0.3 is 19.0 Å². The van der Waals surface area contributed by atoms with Gasteiger partial charge in [-0.2, -0.15) is 0 Å². The molecular weight excluding hydrogens is 328 g/mol. The predicted octanol–water partition coefficient (Wildman–Crippen LogP) is 2.96. The Morgan fingerprint density at radius 2 is 1.24 bits per heavy atom. The van der Waals surface area contributed by atoms with Gasteiger partial charge in [0.25, 0.3) is 0 Å². The van der Waals surface area contributed by atoms with Crippen LogP contribution in [0.1, 0.15) is 32.5 Å². The zero-order valence-corrected chi connectivity index (χ0v) is 12.6. The summed E-state index contributed by atoms with van der Waals surface area (Å²) in [5, 5.41) is 18.4. The topological polar surface area (TPSA) is 127 Å². The summed E-state index contributed by atoms with van der Waals surface area (Å²) in [7, 11) is 0. The second kappa shape index (κ2) is 5.45. The Labute approximate surface area is 139 Å². The van der Waals surface area contributed by atoms with Crippen LogP contribution < -0.4 is 0 Å². The van der Waals surface area contributed by atoms with E-state index in [1.165, 1.54) is 12.1 Å². The van der Waals surface area contributed by atoms with Gasteiger partial charge in [0.15, 0.2) is 11.2 Å². The smallest absolute Gasteiger partial charge is 0.338 e. The number of fused-ring (bicyclic) bond motifs is 2. The highest BCUT2D eigenvalue weighted by Gasteiger charge is 2.18. The van der Waals surface area contributed by atoms with Gasteiger partial charge in [0.05, 0.1) is 11.1 Å². The first-order valence-corrected chi connectivity index (χ1v) is 7.26. The molecule has 0 unspecified atom stereocenters. The highest BCUT2D eigenvalue weighted by atomic mass is 16.4. The highest BCUT2D eigenvalue weighted by molar-refractivity contribution is 6.01. The molecule has 0 amide bonds. The third-order valence-corrected chi connectivity index (χ3v) is 3.69. The molecule has 0 spiro atoms. The van der Waals surface area contributed by atoms with Crippen LogP contribution in [-0.2, 0) is 6.42 Å². The molecule has 4 aromatic rings. The van der Waals surface area contributed by atoms with E-state index in [1.807, 2.05) is 0 Å². The van der Waals surface area contributed by atoms with Crippen molar-refractivity contribution in [3.05, 3.63) is 59.3 Å². The molecule has 0 saturated carbocycles. The number of carboxylic acid groups (broad SMARTS) is 2. The number of hydrogen-bond donors (Lipinski definition) is 2. The number of aromatic nitrogens is 2. The number of nitrogens with zero attached hydrogens (tertiary/aromatic N) is 2. The molecule has 4 rings (SSSR count). The van der Waals surface area contributed by atoms with E-state index in [0.717, 1.165) is 0 Å². The molecule has 0 aliphatic carbocycles. The Balaban J connectivity index is 1.75. The molecule has 25 heavy (non-hydrogen) atoms. The van der Waals surface area contributed by atoms with E-state index in [1.54, 1.807) is 24.3 Å². The lowest BCUT2D eigenvalue weighted by molar-refractivity contribution is 0.0688. The van der Waals surface area contributed by atoms with Gasteiger partial charge in [-0.1, -0.05) is 12.1 Å². The number of para-hydroxylation sites is 2. The van der Waals surface area contributed by atoms with E-state index in [2.05, 4.69) is 9.97 Å². The first-order valence-electron chi connectivity index (χ1n) is 7.26. The summed E-state index contributed by atoms with van der Waals surface area (Å²) in [6.45, 7) is 0. The van der Waals surface area contributed by atoms with E-state index in [4.69, 9.17) is 8.83 Å². The van der Waals surface area contributed by atoms with E-state index in [9.17, 15) is 19.8 Å². The second-order valence-electron chi connectivity index (χ2n) is 5.31. The zero-order chi connectivity index (χ0) is 17.6. The standard InChI is InChI=1S/C17H10N2O6/c20-16(21)8-3-1-5-10-14(8)18-12(24-10)7-13-19-15-9(17(22)23)4-2-6-11(15)25-13/h1-6H,7H2,(H,20,21)(H,22,23). The van der Waals surface area contributed by atoms with Crippen LogP contribution in [0.5, 0.6) is 0 Å². The second-order valence-corrected chi connectivity index (χ2v) is 5.31. The average molecular weight is 338 g/mol. The number of rotatable bonds is 4. The van der Waals surface area contributed by atoms with E-state index in [0.29, 0.717) is 11.2 Å². The van der Waals surface area contributed by atoms with Crippen LogP contribution in [0.25, 0.3) is 22.2 Å². The van der Waals surface area contributed by atoms with Crippen LogP contribution >= 0.6 is 0 Å². The summed E-state index contributed by atoms with van der Waals surface area (Å²) < 4.78 is 11.1. The molecule has 0 radical (unpaired) electrons. The van der Waals surface area contributed by atoms with E-state index < -0.39 is 11.9 Å². The van der Waals surface area contributed by atoms with Crippen LogP contribution in [-0.4, -0.2) is 32.1 Å². The van der Waals surface area contributed by atoms with Gasteiger partial charge in [-0.25, -0.2) is 19.6 Å². The third kappa shape index (κ3) is 2.49. The quantitative estimate of drug-likeness (QED) is 0.581. The molecule has 0 aliphatic rings. The highest BCUT2D eigenvalue weighted by Crippen LogP contribution is 2.24. The first kappa shape index (κ1) is 14.9. The van der Waals surface area contributed by atoms with Crippen LogP contribution in [0.3, 0.4) is 0 Å². The minimum absolute atomic E-state index is 0.0400. The molecule has 8 nitrogen and oxygen atoms in total. The molecule has 0 aliphatic heterocycles. The van der Waals surface area contributed by atoms with E-state index in [-0.39, 0.29) is 40.4 Å². The number of carboxylic acids is 2. The third-order valence-electron chi connectivity index (χ3n) is 3.69. The zero-order valence-electron chi connectivity index (χ0n) is 12.6. The lowest BCUT2D eigenvalue weighted by Crippen LogP contribution is -1.97. The van der Waals surface area contributed by atoms with Crippen LogP contribution in [0.4, 0.5) is 0 Å². The summed E-state index contributed by atoms with van der Waals surface area (Å²) in [5.74, 6) is -1.74. The minimum Gasteiger partial charge on any atom is -0.478 e. The van der Waals surface area contributed by atoms with Gasteiger partial charge in [0.2, 0.25) is 11.8 Å². The summed E-state index contributed by atoms with van der Waals surface area (Å²) in [5.41, 5.74) is 1.26. The Morgan fingerprint density at radius 1 is 0.800 bits per heavy atom. The Bertz CT molecular complexity index is 1050. The molecule has 8 heteroatoms. The van der Waals surface area contributed by atoms with Crippen molar-refractivity contribution in [3.63, 3.8) is 0 Å². The molecule has 0 saturated heterocycles. The van der Waals surface area contributed by atoms with Crippen LogP contribution in [0.15, 0.2) is 45.2 Å². The molecule has 0 fully saturated rings. The monoisotopic (exact) mass is 338 g/mol. The molecular formula is C17H10N2O6. The minimum atomic E-state index is -1.10. The fourth-order valence-electron chi connectivity index (χ4n) is 2.61. The van der Waals surface area contributed by atoms with E-state index >= 15 is 0 Å². The summed E-state index contributed by atoms with van der Waals surface area (Å²) >= 11 is 0. The molecule has 0 bridgehead atoms. The number of carbonyl (C=O) groups is 2. The molecule has 2 heterocycles. The Morgan fingerprint density at radius 3 is 1.64 bits per heavy atom. The normalized spacial score (nSPS) is 11.2. The van der Waals surface area contributed by atoms with Gasteiger partial charge in [-0.3, -0.25) is 0 Å². The van der Waals surface area contributed by atoms with Gasteiger partial charge in [-0.05, 0) is 24.3 Å². The van der Waals surface area contributed by atoms with Gasteiger partial charge >= 0.3 is 11.9 Å². The van der Waals surface area contributed by atoms with Crippen molar-refractivity contribution in [1.82, 2.24) is 9.97 Å². The number of oxazole rings is 2. The van der Waals surface area contributed by atoms with Crippen LogP contribution in [0, 0.1) is 0 Å². The maximum Gasteiger partial charge on any atom is 0.338 e. The van der Waals surface area contributed by atoms with Crippen LogP contribution in [0.2, 0.25) is 0 Å². The van der Waals surface area contributed by atoms with Crippen molar-refractivity contribution in [2.45, 2.75) is 6.42 Å². The predicted molar refractivity (Wildman–Crippen MR) is 84.7 cm³/mol. The van der Waals surface area contributed by atoms with Crippen molar-refractivity contribution >= 4 is 34.1 Å². The number of benzene rings is 2. The van der Waals surface area contributed by atoms with Crippen molar-refractivity contribution in [3.8, 4) is 0 Å². The van der Waals surface area contributed by atoms with Gasteiger partial charge in [-0.15, -0.1) is 0 Å². The number of aromatic carboxylic acids is 2. The lowest BCUT2D eigenvalue weighted by atomic mass is 10.2. The SMILES string of the molecule is O=C(O)c1cccc2oc(Cc3nc4c(C(=O)O)cccc4o3)nc12. The van der Waals surface area contributed by atoms with Gasteiger partial charge in [0, 0.05) is 0 Å². The number of hydrogen-bond acceptors (Lipinski definition) is 6. The fraction of sp³-hybridized carbons (Fsp3) is 0.0588. The van der Waals surface area contributed by atoms with Gasteiger partial charge in [0.1, 0.15) is 17.5 Å².